The van der Waals surface area contributed by atoms with Gasteiger partial charge in [0.05, 0.1) is 17.7 Å². The van der Waals surface area contributed by atoms with Gasteiger partial charge in [0.2, 0.25) is 0 Å². The molecule has 1 saturated heterocycles. The molecule has 1 fully saturated rings. The zero-order valence-corrected chi connectivity index (χ0v) is 24.4. The number of unbranched alkanes of at least 4 members (excludes halogenated alkanes) is 6. The molecule has 9 heteroatoms. The second kappa shape index (κ2) is 14.1. The topological polar surface area (TPSA) is 92.9 Å². The van der Waals surface area contributed by atoms with Crippen LogP contribution in [0.5, 0.6) is 0 Å². The minimum absolute atomic E-state index is 0.0212. The molecule has 42 heavy (non-hydrogen) atoms. The van der Waals surface area contributed by atoms with Crippen molar-refractivity contribution in [1.82, 2.24) is 15.0 Å². The highest BCUT2D eigenvalue weighted by molar-refractivity contribution is 6.21. The highest BCUT2D eigenvalue weighted by Crippen LogP contribution is 2.33. The average Bonchev–Trinajstić information content (AvgIpc) is 3.51. The maximum atomic E-state index is 13.6. The molecule has 3 aromatic rings. The lowest BCUT2D eigenvalue weighted by Crippen LogP contribution is -2.46. The van der Waals surface area contributed by atoms with E-state index in [4.69, 9.17) is 9.26 Å². The summed E-state index contributed by atoms with van der Waals surface area (Å²) in [5.41, 5.74) is 1.28. The van der Waals surface area contributed by atoms with Gasteiger partial charge in [-0.25, -0.2) is 4.39 Å². The summed E-state index contributed by atoms with van der Waals surface area (Å²) in [6.07, 6.45) is 9.01. The van der Waals surface area contributed by atoms with E-state index in [-0.39, 0.29) is 36.1 Å². The molecule has 0 spiro atoms. The zero-order chi connectivity index (χ0) is 29.5. The van der Waals surface area contributed by atoms with E-state index in [0.717, 1.165) is 56.3 Å². The van der Waals surface area contributed by atoms with E-state index >= 15 is 0 Å². The quantitative estimate of drug-likeness (QED) is 0.123. The number of nitrogens with zero attached hydrogens (tertiary/aromatic N) is 3. The number of fused-ring (bicyclic) bond motifs is 2. The Morgan fingerprint density at radius 3 is 2.33 bits per heavy atom. The summed E-state index contributed by atoms with van der Waals surface area (Å²) in [6, 6.07) is 11.3. The fourth-order valence-corrected chi connectivity index (χ4v) is 6.11. The zero-order valence-electron chi connectivity index (χ0n) is 24.4. The lowest BCUT2D eigenvalue weighted by atomic mass is 9.92. The van der Waals surface area contributed by atoms with Gasteiger partial charge in [0, 0.05) is 30.3 Å². The van der Waals surface area contributed by atoms with E-state index in [2.05, 4.69) is 17.0 Å². The maximum absolute atomic E-state index is 13.6. The van der Waals surface area contributed by atoms with Gasteiger partial charge >= 0.3 is 5.97 Å². The highest BCUT2D eigenvalue weighted by atomic mass is 19.1. The fraction of sp³-hybridized carbons (Fsp3) is 0.515. The van der Waals surface area contributed by atoms with Crippen molar-refractivity contribution in [3.8, 4) is 0 Å². The van der Waals surface area contributed by atoms with Gasteiger partial charge in [-0.05, 0) is 56.6 Å². The summed E-state index contributed by atoms with van der Waals surface area (Å²) in [7, 11) is 0. The highest BCUT2D eigenvalue weighted by Gasteiger charge is 2.38. The van der Waals surface area contributed by atoms with Crippen LogP contribution in [0.2, 0.25) is 0 Å². The van der Waals surface area contributed by atoms with Crippen molar-refractivity contribution in [2.75, 3.05) is 26.2 Å². The van der Waals surface area contributed by atoms with Crippen molar-refractivity contribution in [2.24, 2.45) is 0 Å². The molecule has 224 valence electrons. The summed E-state index contributed by atoms with van der Waals surface area (Å²) < 4.78 is 25.1. The van der Waals surface area contributed by atoms with Gasteiger partial charge in [0.1, 0.15) is 23.2 Å². The molecule has 8 nitrogen and oxygen atoms in total. The second-order valence-corrected chi connectivity index (χ2v) is 11.5. The molecule has 1 aromatic heterocycles. The maximum Gasteiger partial charge on any atom is 0.306 e. The number of carbonyl (C=O) groups excluding carboxylic acids is 3. The molecule has 0 radical (unpaired) electrons. The number of halogens is 1. The first kappa shape index (κ1) is 29.9. The van der Waals surface area contributed by atoms with Crippen LogP contribution in [0, 0.1) is 5.82 Å². The van der Waals surface area contributed by atoms with Crippen LogP contribution in [-0.4, -0.2) is 65.0 Å². The van der Waals surface area contributed by atoms with E-state index < -0.39 is 6.10 Å². The molecular formula is C33H40FN3O5. The van der Waals surface area contributed by atoms with Gasteiger partial charge in [-0.3, -0.25) is 24.2 Å². The van der Waals surface area contributed by atoms with Gasteiger partial charge in [0.25, 0.3) is 11.8 Å². The molecule has 0 saturated carbocycles. The van der Waals surface area contributed by atoms with Crippen molar-refractivity contribution in [2.45, 2.75) is 83.2 Å². The Bertz CT molecular complexity index is 1360. The largest absolute Gasteiger partial charge is 0.459 e. The minimum atomic E-state index is -0.630. The Hall–Kier alpha value is -3.59. The molecular weight excluding hydrogens is 537 g/mol. The minimum Gasteiger partial charge on any atom is -0.459 e. The number of carbonyl (C=O) groups is 3. The van der Waals surface area contributed by atoms with E-state index in [1.165, 1.54) is 42.7 Å². The molecule has 2 aliphatic heterocycles. The lowest BCUT2D eigenvalue weighted by Gasteiger charge is -2.34. The van der Waals surface area contributed by atoms with Gasteiger partial charge in [0.15, 0.2) is 0 Å². The number of likely N-dealkylation sites (tertiary alicyclic amines) is 1. The molecule has 1 unspecified atom stereocenters. The van der Waals surface area contributed by atoms with Crippen LogP contribution in [0.4, 0.5) is 4.39 Å². The Kier molecular flexibility index (Phi) is 10.00. The molecule has 2 aromatic carbocycles. The van der Waals surface area contributed by atoms with Crippen molar-refractivity contribution in [1.29, 1.82) is 0 Å². The summed E-state index contributed by atoms with van der Waals surface area (Å²) in [5.74, 6) is -0.421. The van der Waals surface area contributed by atoms with Crippen molar-refractivity contribution in [3.63, 3.8) is 0 Å². The molecule has 2 aliphatic rings. The van der Waals surface area contributed by atoms with Crippen LogP contribution >= 0.6 is 0 Å². The molecule has 5 rings (SSSR count). The van der Waals surface area contributed by atoms with Crippen molar-refractivity contribution < 1.29 is 28.0 Å². The number of ether oxygens (including phenoxy) is 1. The molecule has 0 bridgehead atoms. The van der Waals surface area contributed by atoms with E-state index in [1.807, 2.05) is 0 Å². The summed E-state index contributed by atoms with van der Waals surface area (Å²) in [4.78, 5) is 42.4. The van der Waals surface area contributed by atoms with E-state index in [0.29, 0.717) is 29.6 Å². The first-order valence-corrected chi connectivity index (χ1v) is 15.4. The van der Waals surface area contributed by atoms with Crippen LogP contribution in [0.1, 0.15) is 104 Å². The monoisotopic (exact) mass is 577 g/mol. The number of hydrogen-bond acceptors (Lipinski definition) is 7. The number of rotatable bonds is 14. The molecule has 0 aliphatic carbocycles. The van der Waals surface area contributed by atoms with Crippen molar-refractivity contribution >= 4 is 28.7 Å². The normalized spacial score (nSPS) is 16.8. The van der Waals surface area contributed by atoms with Crippen LogP contribution in [0.3, 0.4) is 0 Å². The number of amides is 2. The molecule has 3 heterocycles. The predicted molar refractivity (Wildman–Crippen MR) is 157 cm³/mol. The third kappa shape index (κ3) is 7.06. The summed E-state index contributed by atoms with van der Waals surface area (Å²) in [5, 5.41) is 4.87. The third-order valence-electron chi connectivity index (χ3n) is 8.43. The van der Waals surface area contributed by atoms with Crippen LogP contribution in [0.25, 0.3) is 10.9 Å². The Morgan fingerprint density at radius 2 is 1.64 bits per heavy atom. The first-order chi connectivity index (χ1) is 20.4. The molecule has 2 amide bonds. The van der Waals surface area contributed by atoms with E-state index in [1.54, 1.807) is 30.3 Å². The first-order valence-electron chi connectivity index (χ1n) is 15.4. The van der Waals surface area contributed by atoms with Gasteiger partial charge in [-0.1, -0.05) is 62.7 Å². The molecule has 0 N–H and O–H groups in total. The Balaban J connectivity index is 1.19. The van der Waals surface area contributed by atoms with Crippen LogP contribution < -0.4 is 0 Å². The lowest BCUT2D eigenvalue weighted by molar-refractivity contribution is -0.150. The fourth-order valence-electron chi connectivity index (χ4n) is 6.11. The van der Waals surface area contributed by atoms with Gasteiger partial charge in [-0.2, -0.15) is 0 Å². The SMILES string of the molecule is CCCCCCCCCC(=O)OC(CN1CCC(c2onc3cc(F)ccc23)CC1)CN1C(=O)c2ccccc2C1=O. The third-order valence-corrected chi connectivity index (χ3v) is 8.43. The molecule has 1 atom stereocenters. The number of esters is 1. The summed E-state index contributed by atoms with van der Waals surface area (Å²) >= 11 is 0. The van der Waals surface area contributed by atoms with Crippen molar-refractivity contribution in [3.05, 3.63) is 65.2 Å². The average molecular weight is 578 g/mol. The smallest absolute Gasteiger partial charge is 0.306 e. The van der Waals surface area contributed by atoms with Crippen LogP contribution in [0.15, 0.2) is 47.0 Å². The van der Waals surface area contributed by atoms with Gasteiger partial charge < -0.3 is 9.26 Å². The number of benzene rings is 2. The number of hydrogen-bond donors (Lipinski definition) is 0. The Labute approximate surface area is 246 Å². The number of imide groups is 1. The number of piperidine rings is 1. The predicted octanol–water partition coefficient (Wildman–Crippen LogP) is 6.50. The Morgan fingerprint density at radius 1 is 0.976 bits per heavy atom. The standard InChI is InChI=1S/C33H40FN3O5/c1-2-3-4-5-6-7-8-13-30(38)41-25(22-37-32(39)26-11-9-10-12-27(26)33(37)40)21-36-18-16-23(17-19-36)31-28-15-14-24(34)20-29(28)35-42-31/h9-12,14-15,20,23,25H,2-8,13,16-19,21-22H2,1H3. The summed E-state index contributed by atoms with van der Waals surface area (Å²) in [6.45, 7) is 4.08. The number of aromatic nitrogens is 1. The van der Waals surface area contributed by atoms with Crippen LogP contribution in [-0.2, 0) is 9.53 Å². The van der Waals surface area contributed by atoms with E-state index in [9.17, 15) is 18.8 Å². The van der Waals surface area contributed by atoms with Gasteiger partial charge in [-0.15, -0.1) is 0 Å². The second-order valence-electron chi connectivity index (χ2n) is 11.5.